The van der Waals surface area contributed by atoms with Crippen LogP contribution in [0.1, 0.15) is 57.5 Å². The normalized spacial score (nSPS) is 11.5. The Morgan fingerprint density at radius 2 is 1.69 bits per heavy atom. The van der Waals surface area contributed by atoms with E-state index in [-0.39, 0.29) is 16.7 Å². The molecule has 0 aliphatic rings. The number of carbonyl (C=O) groups excluding carboxylic acids is 1. The van der Waals surface area contributed by atoms with Crippen molar-refractivity contribution in [1.82, 2.24) is 20.0 Å². The third-order valence-electron chi connectivity index (χ3n) is 8.66. The highest BCUT2D eigenvalue weighted by atomic mass is 32.2. The number of nitrogens with one attached hydrogen (secondary N) is 2. The second-order valence-corrected chi connectivity index (χ2v) is 13.7. The molecule has 0 atom stereocenters. The summed E-state index contributed by atoms with van der Waals surface area (Å²) in [5, 5.41) is 6.90. The molecule has 2 heterocycles. The Hall–Kier alpha value is -5.42. The van der Waals surface area contributed by atoms with Gasteiger partial charge in [0, 0.05) is 41.8 Å². The third kappa shape index (κ3) is 6.93. The molecule has 10 nitrogen and oxygen atoms in total. The number of carbonyl (C=O) groups is 1. The van der Waals surface area contributed by atoms with Gasteiger partial charge in [-0.25, -0.2) is 18.1 Å². The molecule has 0 spiro atoms. The number of aromatic nitrogens is 3. The fourth-order valence-electron chi connectivity index (χ4n) is 5.89. The zero-order chi connectivity index (χ0) is 34.7. The average molecular weight is 678 g/mol. The lowest BCUT2D eigenvalue weighted by Gasteiger charge is -2.13. The van der Waals surface area contributed by atoms with Crippen molar-refractivity contribution in [2.24, 2.45) is 0 Å². The number of para-hydroxylation sites is 1. The van der Waals surface area contributed by atoms with E-state index in [1.54, 1.807) is 39.2 Å². The van der Waals surface area contributed by atoms with Gasteiger partial charge in [-0.2, -0.15) is 0 Å². The predicted molar refractivity (Wildman–Crippen MR) is 190 cm³/mol. The van der Waals surface area contributed by atoms with Gasteiger partial charge in [0.25, 0.3) is 15.9 Å². The largest absolute Gasteiger partial charge is 0.496 e. The van der Waals surface area contributed by atoms with E-state index in [0.717, 1.165) is 57.7 Å². The molecule has 0 saturated heterocycles. The number of imidazole rings is 1. The highest BCUT2D eigenvalue weighted by Gasteiger charge is 2.23. The predicted octanol–water partition coefficient (Wildman–Crippen LogP) is 7.36. The summed E-state index contributed by atoms with van der Waals surface area (Å²) >= 11 is 0. The lowest BCUT2D eigenvalue weighted by molar-refractivity contribution is 0.0950. The number of aryl methyl sites for hydroxylation is 3. The average Bonchev–Trinajstić information content (AvgIpc) is 3.61. The highest BCUT2D eigenvalue weighted by Crippen LogP contribution is 2.31. The van der Waals surface area contributed by atoms with Gasteiger partial charge in [-0.05, 0) is 68.1 Å². The van der Waals surface area contributed by atoms with Crippen LogP contribution in [0.2, 0.25) is 0 Å². The standard InChI is InChI=1S/C38H39N5O5S/c1-6-11-35-40-36-24(2)20-30(37(44)39-22-29-12-7-9-14-33(29)47-5)21-32(36)43(35)23-27-16-18-28(19-17-27)31-13-8-10-15-34(31)49(45,46)42-38-25(3)26(4)41-48-38/h7-10,12-21,42H,6,11,22-23H2,1-5H3,(H,39,44). The Morgan fingerprint density at radius 1 is 0.959 bits per heavy atom. The summed E-state index contributed by atoms with van der Waals surface area (Å²) in [5.74, 6) is 1.59. The summed E-state index contributed by atoms with van der Waals surface area (Å²) < 4.78 is 42.3. The number of anilines is 1. The van der Waals surface area contributed by atoms with Crippen molar-refractivity contribution in [3.05, 3.63) is 124 Å². The molecule has 0 radical (unpaired) electrons. The van der Waals surface area contributed by atoms with Crippen LogP contribution in [0.5, 0.6) is 5.75 Å². The number of hydrogen-bond acceptors (Lipinski definition) is 7. The van der Waals surface area contributed by atoms with Crippen LogP contribution in [0.4, 0.5) is 5.88 Å². The SMILES string of the molecule is CCCc1nc2c(C)cc(C(=O)NCc3ccccc3OC)cc2n1Cc1ccc(-c2ccccc2S(=O)(=O)Nc2onc(C)c2C)cc1. The van der Waals surface area contributed by atoms with Crippen molar-refractivity contribution in [2.75, 3.05) is 11.8 Å². The van der Waals surface area contributed by atoms with Crippen molar-refractivity contribution in [1.29, 1.82) is 0 Å². The number of benzene rings is 4. The summed E-state index contributed by atoms with van der Waals surface area (Å²) in [6, 6.07) is 26.1. The molecule has 11 heteroatoms. The smallest absolute Gasteiger partial charge is 0.264 e. The molecule has 6 aromatic rings. The van der Waals surface area contributed by atoms with Crippen LogP contribution in [0.15, 0.2) is 94.3 Å². The van der Waals surface area contributed by atoms with Gasteiger partial charge in [-0.3, -0.25) is 4.79 Å². The first-order chi connectivity index (χ1) is 23.6. The number of amides is 1. The topological polar surface area (TPSA) is 128 Å². The molecule has 252 valence electrons. The van der Waals surface area contributed by atoms with E-state index >= 15 is 0 Å². The second-order valence-electron chi connectivity index (χ2n) is 12.0. The van der Waals surface area contributed by atoms with Crippen LogP contribution in [-0.2, 0) is 29.5 Å². The minimum atomic E-state index is -3.96. The van der Waals surface area contributed by atoms with Gasteiger partial charge >= 0.3 is 0 Å². The Labute approximate surface area is 286 Å². The maximum atomic E-state index is 13.5. The van der Waals surface area contributed by atoms with Gasteiger partial charge in [-0.15, -0.1) is 0 Å². The molecule has 49 heavy (non-hydrogen) atoms. The summed E-state index contributed by atoms with van der Waals surface area (Å²) in [6.45, 7) is 8.48. The van der Waals surface area contributed by atoms with Crippen LogP contribution in [-0.4, -0.2) is 36.1 Å². The summed E-state index contributed by atoms with van der Waals surface area (Å²) in [5.41, 5.74) is 7.71. The number of fused-ring (bicyclic) bond motifs is 1. The van der Waals surface area contributed by atoms with Gasteiger partial charge in [0.2, 0.25) is 5.88 Å². The van der Waals surface area contributed by atoms with E-state index in [0.29, 0.717) is 35.5 Å². The number of nitrogens with zero attached hydrogens (tertiary/aromatic N) is 3. The van der Waals surface area contributed by atoms with Gasteiger partial charge in [0.05, 0.1) is 28.7 Å². The van der Waals surface area contributed by atoms with E-state index in [2.05, 4.69) is 26.7 Å². The number of rotatable bonds is 12. The monoisotopic (exact) mass is 677 g/mol. The molecular weight excluding hydrogens is 639 g/mol. The van der Waals surface area contributed by atoms with Gasteiger partial charge < -0.3 is 19.1 Å². The van der Waals surface area contributed by atoms with Crippen molar-refractivity contribution < 1.29 is 22.5 Å². The number of ether oxygens (including phenoxy) is 1. The van der Waals surface area contributed by atoms with Crippen LogP contribution < -0.4 is 14.8 Å². The first-order valence-electron chi connectivity index (χ1n) is 16.1. The minimum Gasteiger partial charge on any atom is -0.496 e. The number of hydrogen-bond donors (Lipinski definition) is 2. The molecule has 0 saturated carbocycles. The molecule has 0 bridgehead atoms. The molecule has 0 unspecified atom stereocenters. The minimum absolute atomic E-state index is 0.102. The van der Waals surface area contributed by atoms with Crippen LogP contribution in [0.3, 0.4) is 0 Å². The fraction of sp³-hybridized carbons (Fsp3) is 0.237. The summed E-state index contributed by atoms with van der Waals surface area (Å²) in [7, 11) is -2.35. The summed E-state index contributed by atoms with van der Waals surface area (Å²) in [4.78, 5) is 18.5. The lowest BCUT2D eigenvalue weighted by Crippen LogP contribution is -2.23. The third-order valence-corrected chi connectivity index (χ3v) is 10.0. The Morgan fingerprint density at radius 3 is 2.41 bits per heavy atom. The van der Waals surface area contributed by atoms with Gasteiger partial charge in [0.1, 0.15) is 11.6 Å². The first-order valence-corrected chi connectivity index (χ1v) is 17.6. The molecule has 4 aromatic carbocycles. The van der Waals surface area contributed by atoms with E-state index in [9.17, 15) is 13.2 Å². The van der Waals surface area contributed by atoms with Crippen molar-refractivity contribution in [3.63, 3.8) is 0 Å². The number of methoxy groups -OCH3 is 1. The van der Waals surface area contributed by atoms with E-state index in [1.807, 2.05) is 73.7 Å². The highest BCUT2D eigenvalue weighted by molar-refractivity contribution is 7.92. The quantitative estimate of drug-likeness (QED) is 0.139. The molecule has 2 N–H and O–H groups in total. The van der Waals surface area contributed by atoms with Crippen molar-refractivity contribution >= 4 is 32.8 Å². The van der Waals surface area contributed by atoms with Crippen LogP contribution in [0.25, 0.3) is 22.2 Å². The molecule has 0 fully saturated rings. The van der Waals surface area contributed by atoms with Crippen LogP contribution in [0, 0.1) is 20.8 Å². The molecule has 1 amide bonds. The van der Waals surface area contributed by atoms with Gasteiger partial charge in [-0.1, -0.05) is 72.7 Å². The van der Waals surface area contributed by atoms with Gasteiger partial charge in [0.15, 0.2) is 0 Å². The Bertz CT molecular complexity index is 2250. The fourth-order valence-corrected chi connectivity index (χ4v) is 7.17. The molecular formula is C38H39N5O5S. The summed E-state index contributed by atoms with van der Waals surface area (Å²) in [6.07, 6.45) is 1.70. The maximum Gasteiger partial charge on any atom is 0.264 e. The molecule has 2 aromatic heterocycles. The first kappa shape index (κ1) is 33.5. The molecule has 6 rings (SSSR count). The number of sulfonamides is 1. The van der Waals surface area contributed by atoms with Crippen LogP contribution >= 0.6 is 0 Å². The Kier molecular flexibility index (Phi) is 9.55. The molecule has 0 aliphatic carbocycles. The zero-order valence-electron chi connectivity index (χ0n) is 28.2. The van der Waals surface area contributed by atoms with E-state index < -0.39 is 10.0 Å². The van der Waals surface area contributed by atoms with Crippen molar-refractivity contribution in [2.45, 2.75) is 58.5 Å². The van der Waals surface area contributed by atoms with Crippen molar-refractivity contribution in [3.8, 4) is 16.9 Å². The molecule has 0 aliphatic heterocycles. The Balaban J connectivity index is 1.28. The van der Waals surface area contributed by atoms with E-state index in [4.69, 9.17) is 14.2 Å². The zero-order valence-corrected chi connectivity index (χ0v) is 29.0. The lowest BCUT2D eigenvalue weighted by atomic mass is 10.0. The maximum absolute atomic E-state index is 13.5. The van der Waals surface area contributed by atoms with E-state index in [1.165, 1.54) is 0 Å². The second kappa shape index (κ2) is 14.0.